The summed E-state index contributed by atoms with van der Waals surface area (Å²) in [7, 11) is 0. The third-order valence-corrected chi connectivity index (χ3v) is 2.17. The molecule has 2 heterocycles. The molecule has 0 aliphatic rings. The Balaban J connectivity index is 2.25. The van der Waals surface area contributed by atoms with E-state index in [1.165, 1.54) is 4.68 Å². The zero-order chi connectivity index (χ0) is 11.7. The summed E-state index contributed by atoms with van der Waals surface area (Å²) < 4.78 is 6.47. The number of hydrogen-bond acceptors (Lipinski definition) is 5. The van der Waals surface area contributed by atoms with E-state index in [4.69, 9.17) is 9.63 Å². The van der Waals surface area contributed by atoms with Crippen molar-refractivity contribution < 1.29 is 14.4 Å². The standard InChI is InChI=1S/C9H10N4O3/c1-5-3-7(16-11-5)4-13-6(2)8(9(14)15)10-12-13/h3H,4H2,1-2H3,(H,14,15). The van der Waals surface area contributed by atoms with Crippen LogP contribution in [0.15, 0.2) is 10.6 Å². The Morgan fingerprint density at radius 2 is 2.31 bits per heavy atom. The topological polar surface area (TPSA) is 94.0 Å². The lowest BCUT2D eigenvalue weighted by Crippen LogP contribution is -2.05. The minimum absolute atomic E-state index is 0.0452. The first kappa shape index (κ1) is 10.3. The van der Waals surface area contributed by atoms with E-state index in [1.807, 2.05) is 6.92 Å². The molecule has 0 aromatic carbocycles. The number of aromatic carboxylic acids is 1. The second kappa shape index (κ2) is 3.76. The van der Waals surface area contributed by atoms with E-state index in [9.17, 15) is 4.79 Å². The summed E-state index contributed by atoms with van der Waals surface area (Å²) in [6, 6.07) is 1.77. The van der Waals surface area contributed by atoms with Crippen LogP contribution < -0.4 is 0 Å². The molecule has 0 saturated carbocycles. The Hall–Kier alpha value is -2.18. The van der Waals surface area contributed by atoms with Gasteiger partial charge in [-0.3, -0.25) is 0 Å². The number of aryl methyl sites for hydroxylation is 1. The molecule has 1 N–H and O–H groups in total. The van der Waals surface area contributed by atoms with Gasteiger partial charge in [-0.2, -0.15) is 0 Å². The molecule has 84 valence electrons. The summed E-state index contributed by atoms with van der Waals surface area (Å²) >= 11 is 0. The Labute approximate surface area is 90.7 Å². The van der Waals surface area contributed by atoms with Crippen molar-refractivity contribution in [2.24, 2.45) is 0 Å². The van der Waals surface area contributed by atoms with Gasteiger partial charge in [0.05, 0.1) is 11.4 Å². The first-order valence-corrected chi connectivity index (χ1v) is 4.63. The van der Waals surface area contributed by atoms with Crippen LogP contribution in [0, 0.1) is 13.8 Å². The third-order valence-electron chi connectivity index (χ3n) is 2.17. The predicted octanol–water partition coefficient (Wildman–Crippen LogP) is 0.629. The molecule has 0 spiro atoms. The fraction of sp³-hybridized carbons (Fsp3) is 0.333. The number of hydrogen-bond donors (Lipinski definition) is 1. The number of carboxylic acid groups (broad SMARTS) is 1. The fourth-order valence-electron chi connectivity index (χ4n) is 1.35. The van der Waals surface area contributed by atoms with Gasteiger partial charge >= 0.3 is 5.97 Å². The largest absolute Gasteiger partial charge is 0.476 e. The summed E-state index contributed by atoms with van der Waals surface area (Å²) in [5, 5.41) is 19.8. The second-order valence-electron chi connectivity index (χ2n) is 3.42. The lowest BCUT2D eigenvalue weighted by atomic mass is 10.3. The fourth-order valence-corrected chi connectivity index (χ4v) is 1.35. The molecule has 0 radical (unpaired) electrons. The Bertz CT molecular complexity index is 529. The number of carbonyl (C=O) groups is 1. The highest BCUT2D eigenvalue weighted by Gasteiger charge is 2.15. The van der Waals surface area contributed by atoms with Crippen LogP contribution in [0.25, 0.3) is 0 Å². The van der Waals surface area contributed by atoms with E-state index < -0.39 is 5.97 Å². The van der Waals surface area contributed by atoms with Crippen LogP contribution in [0.4, 0.5) is 0 Å². The molecule has 0 unspecified atom stereocenters. The van der Waals surface area contributed by atoms with Gasteiger partial charge in [-0.15, -0.1) is 5.10 Å². The number of aromatic nitrogens is 4. The van der Waals surface area contributed by atoms with Crippen molar-refractivity contribution in [1.82, 2.24) is 20.2 Å². The molecule has 0 aliphatic carbocycles. The van der Waals surface area contributed by atoms with Gasteiger partial charge in [-0.1, -0.05) is 10.4 Å². The maximum Gasteiger partial charge on any atom is 0.358 e. The van der Waals surface area contributed by atoms with Crippen LogP contribution in [0.3, 0.4) is 0 Å². The molecule has 2 aromatic rings. The van der Waals surface area contributed by atoms with Gasteiger partial charge in [0.2, 0.25) is 0 Å². The van der Waals surface area contributed by atoms with Gasteiger partial charge in [-0.05, 0) is 13.8 Å². The zero-order valence-corrected chi connectivity index (χ0v) is 8.84. The molecule has 0 aliphatic heterocycles. The average molecular weight is 222 g/mol. The minimum atomic E-state index is -1.09. The van der Waals surface area contributed by atoms with Crippen LogP contribution in [0.5, 0.6) is 0 Å². The molecule has 16 heavy (non-hydrogen) atoms. The smallest absolute Gasteiger partial charge is 0.358 e. The number of nitrogens with zero attached hydrogens (tertiary/aromatic N) is 4. The molecule has 0 amide bonds. The van der Waals surface area contributed by atoms with E-state index in [2.05, 4.69) is 15.5 Å². The highest BCUT2D eigenvalue weighted by molar-refractivity contribution is 5.86. The Kier molecular flexibility index (Phi) is 2.43. The molecule has 0 atom stereocenters. The Morgan fingerprint density at radius 3 is 2.81 bits per heavy atom. The van der Waals surface area contributed by atoms with Gasteiger partial charge in [0.1, 0.15) is 6.54 Å². The molecular weight excluding hydrogens is 212 g/mol. The monoisotopic (exact) mass is 222 g/mol. The maximum absolute atomic E-state index is 10.7. The van der Waals surface area contributed by atoms with E-state index in [0.29, 0.717) is 18.0 Å². The van der Waals surface area contributed by atoms with Crippen molar-refractivity contribution in [2.45, 2.75) is 20.4 Å². The molecule has 7 heteroatoms. The van der Waals surface area contributed by atoms with Crippen LogP contribution in [-0.2, 0) is 6.54 Å². The van der Waals surface area contributed by atoms with Crippen LogP contribution in [0.1, 0.15) is 27.6 Å². The SMILES string of the molecule is Cc1cc(Cn2nnc(C(=O)O)c2C)on1. The molecule has 2 aromatic heterocycles. The highest BCUT2D eigenvalue weighted by Crippen LogP contribution is 2.08. The van der Waals surface area contributed by atoms with Crippen molar-refractivity contribution in [3.63, 3.8) is 0 Å². The van der Waals surface area contributed by atoms with Crippen LogP contribution in [-0.4, -0.2) is 31.2 Å². The van der Waals surface area contributed by atoms with Gasteiger partial charge in [0.15, 0.2) is 11.5 Å². The molecule has 0 saturated heterocycles. The third kappa shape index (κ3) is 1.79. The number of carboxylic acids is 1. The normalized spacial score (nSPS) is 10.6. The summed E-state index contributed by atoms with van der Waals surface area (Å²) in [5.41, 5.74) is 1.21. The molecule has 2 rings (SSSR count). The second-order valence-corrected chi connectivity index (χ2v) is 3.42. The summed E-state index contributed by atoms with van der Waals surface area (Å²) in [5.74, 6) is -0.472. The lowest BCUT2D eigenvalue weighted by Gasteiger charge is -1.98. The Morgan fingerprint density at radius 1 is 1.56 bits per heavy atom. The number of rotatable bonds is 3. The summed E-state index contributed by atoms with van der Waals surface area (Å²) in [4.78, 5) is 10.7. The van der Waals surface area contributed by atoms with Crippen molar-refractivity contribution in [1.29, 1.82) is 0 Å². The van der Waals surface area contributed by atoms with Gasteiger partial charge in [0, 0.05) is 6.07 Å². The first-order valence-electron chi connectivity index (χ1n) is 4.63. The quantitative estimate of drug-likeness (QED) is 0.818. The lowest BCUT2D eigenvalue weighted by molar-refractivity contribution is 0.0689. The minimum Gasteiger partial charge on any atom is -0.476 e. The summed E-state index contributed by atoms with van der Waals surface area (Å²) in [6.07, 6.45) is 0. The first-order chi connectivity index (χ1) is 7.58. The van der Waals surface area contributed by atoms with E-state index in [1.54, 1.807) is 13.0 Å². The van der Waals surface area contributed by atoms with Gasteiger partial charge in [-0.25, -0.2) is 9.48 Å². The highest BCUT2D eigenvalue weighted by atomic mass is 16.5. The predicted molar refractivity (Wildman–Crippen MR) is 52.1 cm³/mol. The van der Waals surface area contributed by atoms with Crippen LogP contribution >= 0.6 is 0 Å². The average Bonchev–Trinajstić information content (AvgIpc) is 2.76. The molecular formula is C9H10N4O3. The van der Waals surface area contributed by atoms with Gasteiger partial charge in [0.25, 0.3) is 0 Å². The van der Waals surface area contributed by atoms with E-state index >= 15 is 0 Å². The molecule has 0 bridgehead atoms. The zero-order valence-electron chi connectivity index (χ0n) is 8.84. The van der Waals surface area contributed by atoms with Crippen molar-refractivity contribution in [3.05, 3.63) is 28.9 Å². The van der Waals surface area contributed by atoms with Crippen molar-refractivity contribution in [3.8, 4) is 0 Å². The molecule has 7 nitrogen and oxygen atoms in total. The van der Waals surface area contributed by atoms with E-state index in [0.717, 1.165) is 5.69 Å². The van der Waals surface area contributed by atoms with Crippen molar-refractivity contribution >= 4 is 5.97 Å². The maximum atomic E-state index is 10.7. The van der Waals surface area contributed by atoms with Crippen LogP contribution in [0.2, 0.25) is 0 Å². The van der Waals surface area contributed by atoms with E-state index in [-0.39, 0.29) is 5.69 Å². The van der Waals surface area contributed by atoms with Gasteiger partial charge < -0.3 is 9.63 Å². The molecule has 0 fully saturated rings. The summed E-state index contributed by atoms with van der Waals surface area (Å²) in [6.45, 7) is 3.78. The van der Waals surface area contributed by atoms with Crippen molar-refractivity contribution in [2.75, 3.05) is 0 Å².